The van der Waals surface area contributed by atoms with Gasteiger partial charge in [0.1, 0.15) is 0 Å². The number of ether oxygens (including phenoxy) is 1. The van der Waals surface area contributed by atoms with Gasteiger partial charge in [-0.3, -0.25) is 9.78 Å². The number of pyridine rings is 1. The van der Waals surface area contributed by atoms with Crippen LogP contribution in [0.1, 0.15) is 60.8 Å². The maximum Gasteiger partial charge on any atom is 0.339 e. The fourth-order valence-electron chi connectivity index (χ4n) is 4.73. The summed E-state index contributed by atoms with van der Waals surface area (Å²) in [6.07, 6.45) is 3.78. The van der Waals surface area contributed by atoms with Gasteiger partial charge in [-0.15, -0.1) is 0 Å². The Labute approximate surface area is 214 Å². The molecule has 1 aliphatic rings. The summed E-state index contributed by atoms with van der Waals surface area (Å²) < 4.78 is 6.66. The van der Waals surface area contributed by atoms with E-state index in [0.29, 0.717) is 11.5 Å². The molecule has 0 aliphatic heterocycles. The maximum absolute atomic E-state index is 13.4. The van der Waals surface area contributed by atoms with Gasteiger partial charge in [0, 0.05) is 20.3 Å². The third-order valence-corrected chi connectivity index (χ3v) is 7.95. The first kappa shape index (κ1) is 24.6. The molecule has 1 aliphatic carbocycles. The highest BCUT2D eigenvalue weighted by Crippen LogP contribution is 2.41. The van der Waals surface area contributed by atoms with Crippen molar-refractivity contribution in [1.82, 2.24) is 4.98 Å². The summed E-state index contributed by atoms with van der Waals surface area (Å²) in [6, 6.07) is 13.5. The molecular formula is C28H31IN2O3. The Balaban J connectivity index is 1.59. The van der Waals surface area contributed by atoms with Crippen molar-refractivity contribution < 1.29 is 14.3 Å². The van der Waals surface area contributed by atoms with Gasteiger partial charge in [-0.2, -0.15) is 0 Å². The average Bonchev–Trinajstić information content (AvgIpc) is 2.82. The number of benzene rings is 2. The second kappa shape index (κ2) is 10.0. The van der Waals surface area contributed by atoms with E-state index in [4.69, 9.17) is 9.72 Å². The number of aryl methyl sites for hydroxylation is 2. The van der Waals surface area contributed by atoms with E-state index < -0.39 is 5.97 Å². The third-order valence-electron chi connectivity index (χ3n) is 7.28. The lowest BCUT2D eigenvalue weighted by molar-refractivity contribution is -0.119. The van der Waals surface area contributed by atoms with Crippen molar-refractivity contribution in [3.8, 4) is 0 Å². The van der Waals surface area contributed by atoms with Crippen molar-refractivity contribution in [2.24, 2.45) is 11.3 Å². The SMILES string of the molecule is CCC(C)(C)C1CCc2nc3ccccc3c(C(=O)OCC(=O)Nc3ccc(I)cc3C)c2C1. The number of anilines is 1. The molecule has 2 aromatic carbocycles. The number of hydrogen-bond donors (Lipinski definition) is 1. The Morgan fingerprint density at radius 2 is 1.97 bits per heavy atom. The number of aromatic nitrogens is 1. The molecule has 1 amide bonds. The average molecular weight is 570 g/mol. The summed E-state index contributed by atoms with van der Waals surface area (Å²) in [4.78, 5) is 30.8. The summed E-state index contributed by atoms with van der Waals surface area (Å²) in [5, 5.41) is 3.63. The van der Waals surface area contributed by atoms with Crippen molar-refractivity contribution in [1.29, 1.82) is 0 Å². The lowest BCUT2D eigenvalue weighted by Crippen LogP contribution is -2.31. The number of hydrogen-bond acceptors (Lipinski definition) is 4. The summed E-state index contributed by atoms with van der Waals surface area (Å²) >= 11 is 2.23. The van der Waals surface area contributed by atoms with Crippen molar-refractivity contribution >= 4 is 51.1 Å². The van der Waals surface area contributed by atoms with Gasteiger partial charge < -0.3 is 10.1 Å². The predicted molar refractivity (Wildman–Crippen MR) is 144 cm³/mol. The van der Waals surface area contributed by atoms with E-state index in [1.807, 2.05) is 49.4 Å². The van der Waals surface area contributed by atoms with E-state index in [2.05, 4.69) is 48.7 Å². The number of nitrogens with one attached hydrogen (secondary N) is 1. The number of fused-ring (bicyclic) bond motifs is 2. The van der Waals surface area contributed by atoms with Crippen LogP contribution in [-0.4, -0.2) is 23.5 Å². The maximum atomic E-state index is 13.4. The fourth-order valence-corrected chi connectivity index (χ4v) is 5.38. The Morgan fingerprint density at radius 3 is 2.71 bits per heavy atom. The largest absolute Gasteiger partial charge is 0.452 e. The molecular weight excluding hydrogens is 539 g/mol. The smallest absolute Gasteiger partial charge is 0.339 e. The van der Waals surface area contributed by atoms with E-state index >= 15 is 0 Å². The van der Waals surface area contributed by atoms with Gasteiger partial charge in [0.15, 0.2) is 6.61 Å². The molecule has 178 valence electrons. The highest BCUT2D eigenvalue weighted by molar-refractivity contribution is 14.1. The molecule has 0 bridgehead atoms. The summed E-state index contributed by atoms with van der Waals surface area (Å²) in [7, 11) is 0. The monoisotopic (exact) mass is 570 g/mol. The molecule has 6 heteroatoms. The van der Waals surface area contributed by atoms with Crippen molar-refractivity contribution in [2.75, 3.05) is 11.9 Å². The molecule has 4 rings (SSSR count). The summed E-state index contributed by atoms with van der Waals surface area (Å²) in [5.74, 6) is -0.346. The molecule has 0 fully saturated rings. The van der Waals surface area contributed by atoms with Crippen LogP contribution in [0.15, 0.2) is 42.5 Å². The highest BCUT2D eigenvalue weighted by Gasteiger charge is 2.34. The van der Waals surface area contributed by atoms with Crippen LogP contribution in [0.3, 0.4) is 0 Å². The Kier molecular flexibility index (Phi) is 7.26. The van der Waals surface area contributed by atoms with Crippen LogP contribution >= 0.6 is 22.6 Å². The highest BCUT2D eigenvalue weighted by atomic mass is 127. The van der Waals surface area contributed by atoms with E-state index in [-0.39, 0.29) is 17.9 Å². The van der Waals surface area contributed by atoms with Gasteiger partial charge in [-0.25, -0.2) is 4.79 Å². The van der Waals surface area contributed by atoms with Crippen LogP contribution in [0.25, 0.3) is 10.9 Å². The third kappa shape index (κ3) is 5.11. The number of rotatable bonds is 6. The second-order valence-electron chi connectivity index (χ2n) is 9.79. The Hall–Kier alpha value is -2.48. The summed E-state index contributed by atoms with van der Waals surface area (Å²) in [5.41, 5.74) is 5.18. The number of carbonyl (C=O) groups excluding carboxylic acids is 2. The van der Waals surface area contributed by atoms with Crippen LogP contribution in [0, 0.1) is 21.8 Å². The van der Waals surface area contributed by atoms with E-state index in [1.54, 1.807) is 0 Å². The molecule has 34 heavy (non-hydrogen) atoms. The van der Waals surface area contributed by atoms with Crippen LogP contribution < -0.4 is 5.32 Å². The van der Waals surface area contributed by atoms with E-state index in [9.17, 15) is 9.59 Å². The topological polar surface area (TPSA) is 68.3 Å². The van der Waals surface area contributed by atoms with Gasteiger partial charge in [-0.05, 0) is 95.5 Å². The molecule has 0 radical (unpaired) electrons. The van der Waals surface area contributed by atoms with Crippen molar-refractivity contribution in [2.45, 2.75) is 53.4 Å². The normalized spacial score (nSPS) is 15.6. The number of para-hydroxylation sites is 1. The van der Waals surface area contributed by atoms with Gasteiger partial charge >= 0.3 is 5.97 Å². The zero-order chi connectivity index (χ0) is 24.5. The number of carbonyl (C=O) groups is 2. The minimum absolute atomic E-state index is 0.176. The molecule has 0 saturated heterocycles. The molecule has 5 nitrogen and oxygen atoms in total. The van der Waals surface area contributed by atoms with E-state index in [0.717, 1.165) is 62.7 Å². The first-order valence-corrected chi connectivity index (χ1v) is 12.9. The van der Waals surface area contributed by atoms with Gasteiger partial charge in [0.2, 0.25) is 0 Å². The van der Waals surface area contributed by atoms with Crippen LogP contribution in [0.4, 0.5) is 5.69 Å². The molecule has 1 unspecified atom stereocenters. The molecule has 1 aromatic heterocycles. The number of nitrogens with zero attached hydrogens (tertiary/aromatic N) is 1. The Bertz CT molecular complexity index is 1250. The molecule has 3 aromatic rings. The zero-order valence-corrected chi connectivity index (χ0v) is 22.4. The van der Waals surface area contributed by atoms with Gasteiger partial charge in [0.05, 0.1) is 11.1 Å². The molecule has 0 saturated carbocycles. The van der Waals surface area contributed by atoms with Crippen molar-refractivity contribution in [3.63, 3.8) is 0 Å². The quantitative estimate of drug-likeness (QED) is 0.272. The molecule has 1 N–H and O–H groups in total. The van der Waals surface area contributed by atoms with E-state index in [1.165, 1.54) is 0 Å². The van der Waals surface area contributed by atoms with Gasteiger partial charge in [-0.1, -0.05) is 45.4 Å². The number of halogens is 1. The lowest BCUT2D eigenvalue weighted by Gasteiger charge is -2.37. The van der Waals surface area contributed by atoms with Crippen LogP contribution in [0.2, 0.25) is 0 Å². The molecule has 1 heterocycles. The predicted octanol–water partition coefficient (Wildman–Crippen LogP) is 6.48. The second-order valence-corrected chi connectivity index (χ2v) is 11.0. The minimum Gasteiger partial charge on any atom is -0.452 e. The fraction of sp³-hybridized carbons (Fsp3) is 0.393. The first-order valence-electron chi connectivity index (χ1n) is 11.8. The van der Waals surface area contributed by atoms with Crippen LogP contribution in [0.5, 0.6) is 0 Å². The first-order chi connectivity index (χ1) is 16.2. The minimum atomic E-state index is -0.459. The zero-order valence-electron chi connectivity index (χ0n) is 20.2. The van der Waals surface area contributed by atoms with Crippen molar-refractivity contribution in [3.05, 3.63) is 68.4 Å². The lowest BCUT2D eigenvalue weighted by atomic mass is 9.68. The van der Waals surface area contributed by atoms with Gasteiger partial charge in [0.25, 0.3) is 5.91 Å². The standard InChI is InChI=1S/C28H31IN2O3/c1-5-28(3,4)18-10-12-24-21(15-18)26(20-8-6-7-9-23(20)30-24)27(33)34-16-25(32)31-22-13-11-19(29)14-17(22)2/h6-9,11,13-14,18H,5,10,12,15-16H2,1-4H3,(H,31,32). The number of esters is 1. The molecule has 1 atom stereocenters. The number of amides is 1. The summed E-state index contributed by atoms with van der Waals surface area (Å²) in [6.45, 7) is 8.42. The Morgan fingerprint density at radius 1 is 1.21 bits per heavy atom. The molecule has 0 spiro atoms. The van der Waals surface area contributed by atoms with Crippen LogP contribution in [-0.2, 0) is 22.4 Å².